The minimum atomic E-state index is -0.923. The van der Waals surface area contributed by atoms with E-state index in [9.17, 15) is 9.59 Å². The van der Waals surface area contributed by atoms with Crippen LogP contribution >= 0.6 is 0 Å². The number of nitrogens with zero attached hydrogens (tertiary/aromatic N) is 4. The molecule has 2 aromatic carbocycles. The van der Waals surface area contributed by atoms with E-state index >= 15 is 0 Å². The van der Waals surface area contributed by atoms with E-state index in [0.717, 1.165) is 10.9 Å². The van der Waals surface area contributed by atoms with Gasteiger partial charge in [-0.2, -0.15) is 0 Å². The smallest absolute Gasteiger partial charge is 0.338 e. The van der Waals surface area contributed by atoms with E-state index in [-0.39, 0.29) is 5.78 Å². The number of nitrogens with one attached hydrogen (secondary N) is 1. The lowest BCUT2D eigenvalue weighted by atomic mass is 10.1. The van der Waals surface area contributed by atoms with E-state index in [2.05, 4.69) is 20.5 Å². The van der Waals surface area contributed by atoms with Gasteiger partial charge in [-0.1, -0.05) is 24.3 Å². The number of Topliss-reactive ketones (excluding diaryl/α,β-unsaturated/α-hetero) is 1. The van der Waals surface area contributed by atoms with Crippen LogP contribution in [0.3, 0.4) is 0 Å². The number of aromatic nitrogens is 5. The molecule has 0 spiro atoms. The maximum absolute atomic E-state index is 12.7. The Labute approximate surface area is 153 Å². The van der Waals surface area contributed by atoms with E-state index < -0.39 is 12.1 Å². The van der Waals surface area contributed by atoms with Crippen LogP contribution in [-0.2, 0) is 4.74 Å². The number of H-pyrrole nitrogens is 1. The average Bonchev–Trinajstić information content (AvgIpc) is 3.37. The van der Waals surface area contributed by atoms with E-state index in [4.69, 9.17) is 4.74 Å². The molecular weight excluding hydrogens is 346 g/mol. The molecule has 4 rings (SSSR count). The van der Waals surface area contributed by atoms with Crippen molar-refractivity contribution < 1.29 is 14.3 Å². The highest BCUT2D eigenvalue weighted by Crippen LogP contribution is 2.20. The van der Waals surface area contributed by atoms with Crippen LogP contribution in [0.1, 0.15) is 27.6 Å². The number of ether oxygens (including phenoxy) is 1. The Morgan fingerprint density at radius 3 is 2.81 bits per heavy atom. The minimum Gasteiger partial charge on any atom is -0.451 e. The lowest BCUT2D eigenvalue weighted by molar-refractivity contribution is 0.0319. The molecule has 0 saturated carbocycles. The van der Waals surface area contributed by atoms with Gasteiger partial charge in [0, 0.05) is 22.7 Å². The Balaban J connectivity index is 1.52. The van der Waals surface area contributed by atoms with Crippen molar-refractivity contribution in [2.45, 2.75) is 13.0 Å². The second-order valence-electron chi connectivity index (χ2n) is 5.96. The number of aromatic amines is 1. The number of hydrogen-bond acceptors (Lipinski definition) is 6. The Morgan fingerprint density at radius 2 is 2.00 bits per heavy atom. The molecule has 134 valence electrons. The standard InChI is InChI=1S/C19H15N5O3/c1-12(18(25)16-10-20-17-8-3-2-7-15(16)17)27-19(26)13-5-4-6-14(9-13)24-11-21-22-23-24/h2-12,20H,1H3. The van der Waals surface area contributed by atoms with Gasteiger partial charge in [0.15, 0.2) is 6.10 Å². The predicted octanol–water partition coefficient (Wildman–Crippen LogP) is 2.57. The Morgan fingerprint density at radius 1 is 1.15 bits per heavy atom. The summed E-state index contributed by atoms with van der Waals surface area (Å²) in [5.74, 6) is -0.858. The van der Waals surface area contributed by atoms with Crippen LogP contribution in [-0.4, -0.2) is 43.0 Å². The van der Waals surface area contributed by atoms with E-state index in [1.807, 2.05) is 24.3 Å². The van der Waals surface area contributed by atoms with Gasteiger partial charge in [-0.05, 0) is 41.6 Å². The zero-order valence-corrected chi connectivity index (χ0v) is 14.4. The van der Waals surface area contributed by atoms with Crippen LogP contribution in [0, 0.1) is 0 Å². The molecule has 0 aliphatic heterocycles. The van der Waals surface area contributed by atoms with Crippen LogP contribution < -0.4 is 0 Å². The molecule has 0 aliphatic rings. The summed E-state index contributed by atoms with van der Waals surface area (Å²) >= 11 is 0. The largest absolute Gasteiger partial charge is 0.451 e. The summed E-state index contributed by atoms with van der Waals surface area (Å²) in [7, 11) is 0. The third-order valence-electron chi connectivity index (χ3n) is 4.20. The molecule has 8 heteroatoms. The molecule has 0 saturated heterocycles. The molecule has 2 heterocycles. The first-order valence-corrected chi connectivity index (χ1v) is 8.28. The maximum atomic E-state index is 12.7. The molecule has 27 heavy (non-hydrogen) atoms. The SMILES string of the molecule is CC(OC(=O)c1cccc(-n2cnnn2)c1)C(=O)c1c[nH]c2ccccc12. The highest BCUT2D eigenvalue weighted by atomic mass is 16.5. The van der Waals surface area contributed by atoms with Gasteiger partial charge in [0.2, 0.25) is 5.78 Å². The van der Waals surface area contributed by atoms with Gasteiger partial charge in [-0.3, -0.25) is 4.79 Å². The van der Waals surface area contributed by atoms with Gasteiger partial charge in [0.1, 0.15) is 6.33 Å². The topological polar surface area (TPSA) is 103 Å². The van der Waals surface area contributed by atoms with Gasteiger partial charge in [0.25, 0.3) is 0 Å². The highest BCUT2D eigenvalue weighted by molar-refractivity contribution is 6.10. The normalized spacial score (nSPS) is 12.0. The molecule has 0 bridgehead atoms. The Kier molecular flexibility index (Phi) is 4.21. The number of hydrogen-bond donors (Lipinski definition) is 1. The molecule has 0 radical (unpaired) electrons. The van der Waals surface area contributed by atoms with Crippen molar-refractivity contribution in [3.63, 3.8) is 0 Å². The number of esters is 1. The number of fused-ring (bicyclic) bond motifs is 1. The van der Waals surface area contributed by atoms with Crippen LogP contribution in [0.4, 0.5) is 0 Å². The monoisotopic (exact) mass is 361 g/mol. The molecule has 4 aromatic rings. The molecule has 8 nitrogen and oxygen atoms in total. The van der Waals surface area contributed by atoms with Gasteiger partial charge in [0.05, 0.1) is 11.3 Å². The summed E-state index contributed by atoms with van der Waals surface area (Å²) in [5, 5.41) is 11.7. The number of carbonyl (C=O) groups excluding carboxylic acids is 2. The van der Waals surface area contributed by atoms with Gasteiger partial charge in [-0.25, -0.2) is 9.48 Å². The zero-order chi connectivity index (χ0) is 18.8. The van der Waals surface area contributed by atoms with Gasteiger partial charge < -0.3 is 9.72 Å². The number of carbonyl (C=O) groups is 2. The molecular formula is C19H15N5O3. The van der Waals surface area contributed by atoms with Gasteiger partial charge in [-0.15, -0.1) is 5.10 Å². The average molecular weight is 361 g/mol. The number of tetrazole rings is 1. The fraction of sp³-hybridized carbons (Fsp3) is 0.105. The van der Waals surface area contributed by atoms with E-state index in [1.54, 1.807) is 37.4 Å². The summed E-state index contributed by atoms with van der Waals surface area (Å²) in [6.07, 6.45) is 2.14. The molecule has 0 fully saturated rings. The number of rotatable bonds is 5. The molecule has 1 unspecified atom stereocenters. The molecule has 1 atom stereocenters. The van der Waals surface area contributed by atoms with Crippen molar-refractivity contribution >= 4 is 22.7 Å². The van der Waals surface area contributed by atoms with Crippen molar-refractivity contribution in [1.29, 1.82) is 0 Å². The first-order valence-electron chi connectivity index (χ1n) is 8.28. The summed E-state index contributed by atoms with van der Waals surface area (Å²) < 4.78 is 6.81. The summed E-state index contributed by atoms with van der Waals surface area (Å²) in [6.45, 7) is 1.56. The predicted molar refractivity (Wildman–Crippen MR) is 96.7 cm³/mol. The van der Waals surface area contributed by atoms with Gasteiger partial charge >= 0.3 is 5.97 Å². The first-order chi connectivity index (χ1) is 13.1. The number of ketones is 1. The highest BCUT2D eigenvalue weighted by Gasteiger charge is 2.23. The maximum Gasteiger partial charge on any atom is 0.338 e. The number of benzene rings is 2. The summed E-state index contributed by atoms with van der Waals surface area (Å²) in [5.41, 5.74) is 2.27. The second-order valence-corrected chi connectivity index (χ2v) is 5.96. The zero-order valence-electron chi connectivity index (χ0n) is 14.4. The fourth-order valence-corrected chi connectivity index (χ4v) is 2.83. The van der Waals surface area contributed by atoms with Crippen molar-refractivity contribution in [3.8, 4) is 5.69 Å². The van der Waals surface area contributed by atoms with Crippen LogP contribution in [0.5, 0.6) is 0 Å². The summed E-state index contributed by atoms with van der Waals surface area (Å²) in [4.78, 5) is 28.2. The van der Waals surface area contributed by atoms with Crippen LogP contribution in [0.25, 0.3) is 16.6 Å². The second kappa shape index (κ2) is 6.83. The quantitative estimate of drug-likeness (QED) is 0.433. The lowest BCUT2D eigenvalue weighted by Gasteiger charge is -2.12. The van der Waals surface area contributed by atoms with E-state index in [0.29, 0.717) is 16.8 Å². The van der Waals surface area contributed by atoms with Crippen LogP contribution in [0.2, 0.25) is 0 Å². The van der Waals surface area contributed by atoms with Crippen molar-refractivity contribution in [2.24, 2.45) is 0 Å². The lowest BCUT2D eigenvalue weighted by Crippen LogP contribution is -2.24. The molecule has 1 N–H and O–H groups in total. The summed E-state index contributed by atoms with van der Waals surface area (Å²) in [6, 6.07) is 14.1. The van der Waals surface area contributed by atoms with Crippen molar-refractivity contribution in [3.05, 3.63) is 72.2 Å². The van der Waals surface area contributed by atoms with Crippen LogP contribution in [0.15, 0.2) is 61.1 Å². The molecule has 2 aromatic heterocycles. The first kappa shape index (κ1) is 16.6. The third-order valence-corrected chi connectivity index (χ3v) is 4.20. The third kappa shape index (κ3) is 3.20. The molecule has 0 aliphatic carbocycles. The fourth-order valence-electron chi connectivity index (χ4n) is 2.83. The Hall–Kier alpha value is -3.81. The Bertz CT molecular complexity index is 1120. The number of para-hydroxylation sites is 1. The molecule has 0 amide bonds. The minimum absolute atomic E-state index is 0.266. The van der Waals surface area contributed by atoms with Crippen molar-refractivity contribution in [1.82, 2.24) is 25.2 Å². The van der Waals surface area contributed by atoms with Crippen molar-refractivity contribution in [2.75, 3.05) is 0 Å². The van der Waals surface area contributed by atoms with E-state index in [1.165, 1.54) is 11.0 Å².